The van der Waals surface area contributed by atoms with Crippen LogP contribution >= 0.6 is 0 Å². The summed E-state index contributed by atoms with van der Waals surface area (Å²) < 4.78 is 36.9. The second kappa shape index (κ2) is 10.6. The smallest absolute Gasteiger partial charge is 0.475 e. The Bertz CT molecular complexity index is 984. The minimum Gasteiger partial charge on any atom is -0.475 e. The van der Waals surface area contributed by atoms with E-state index in [1.54, 1.807) is 6.92 Å². The molecule has 2 fully saturated rings. The summed E-state index contributed by atoms with van der Waals surface area (Å²) in [6.45, 7) is 9.45. The predicted octanol–water partition coefficient (Wildman–Crippen LogP) is 4.41. The van der Waals surface area contributed by atoms with Gasteiger partial charge in [0.15, 0.2) is 5.78 Å². The molecule has 0 bridgehead atoms. The molecule has 2 saturated heterocycles. The van der Waals surface area contributed by atoms with Crippen LogP contribution in [-0.2, 0) is 11.2 Å². The molecule has 10 heteroatoms. The number of anilines is 1. The van der Waals surface area contributed by atoms with Crippen LogP contribution in [0.1, 0.15) is 53.6 Å². The number of aromatic nitrogens is 1. The summed E-state index contributed by atoms with van der Waals surface area (Å²) in [5.74, 6) is -2.08. The number of carbonyl (C=O) groups is 2. The SMILES string of the molecule is Cc1noc(C)c1C(=O)Cc1ccc(N2CCC(N3CCCC3C)C2)cc1.O=C(O)C(F)(F)F. The maximum absolute atomic E-state index is 12.6. The number of halogens is 3. The Labute approximate surface area is 196 Å². The van der Waals surface area contributed by atoms with E-state index in [1.807, 2.05) is 6.92 Å². The van der Waals surface area contributed by atoms with Crippen molar-refractivity contribution in [2.45, 2.75) is 64.7 Å². The van der Waals surface area contributed by atoms with Gasteiger partial charge in [0.2, 0.25) is 0 Å². The lowest BCUT2D eigenvalue weighted by Gasteiger charge is -2.28. The van der Waals surface area contributed by atoms with E-state index in [2.05, 4.69) is 46.1 Å². The fourth-order valence-electron chi connectivity index (χ4n) is 4.72. The average Bonchev–Trinajstić information content (AvgIpc) is 3.48. The average molecular weight is 482 g/mol. The van der Waals surface area contributed by atoms with E-state index in [9.17, 15) is 18.0 Å². The van der Waals surface area contributed by atoms with Gasteiger partial charge in [-0.1, -0.05) is 17.3 Å². The van der Waals surface area contributed by atoms with Crippen LogP contribution in [0, 0.1) is 13.8 Å². The number of carboxylic acids is 1. The second-order valence-corrected chi connectivity index (χ2v) is 8.89. The number of ketones is 1. The Morgan fingerprint density at radius 1 is 1.15 bits per heavy atom. The molecular formula is C24H30F3N3O4. The first-order chi connectivity index (χ1) is 16.0. The summed E-state index contributed by atoms with van der Waals surface area (Å²) in [4.78, 5) is 26.6. The van der Waals surface area contributed by atoms with Gasteiger partial charge in [-0.15, -0.1) is 0 Å². The number of alkyl halides is 3. The van der Waals surface area contributed by atoms with Crippen LogP contribution in [0.15, 0.2) is 28.8 Å². The van der Waals surface area contributed by atoms with E-state index in [1.165, 1.54) is 31.5 Å². The van der Waals surface area contributed by atoms with E-state index >= 15 is 0 Å². The van der Waals surface area contributed by atoms with Crippen LogP contribution < -0.4 is 4.90 Å². The number of Topliss-reactive ketones (excluding diaryl/α,β-unsaturated/α-hetero) is 1. The van der Waals surface area contributed by atoms with Gasteiger partial charge in [-0.2, -0.15) is 13.2 Å². The third-order valence-electron chi connectivity index (χ3n) is 6.46. The molecule has 0 spiro atoms. The van der Waals surface area contributed by atoms with Gasteiger partial charge in [0.05, 0.1) is 11.3 Å². The molecule has 34 heavy (non-hydrogen) atoms. The van der Waals surface area contributed by atoms with Crippen molar-refractivity contribution < 1.29 is 32.4 Å². The van der Waals surface area contributed by atoms with Gasteiger partial charge in [0.1, 0.15) is 5.76 Å². The molecule has 1 aromatic carbocycles. The Hall–Kier alpha value is -2.88. The third kappa shape index (κ3) is 6.16. The maximum Gasteiger partial charge on any atom is 0.490 e. The molecule has 186 valence electrons. The topological polar surface area (TPSA) is 86.9 Å². The van der Waals surface area contributed by atoms with Gasteiger partial charge in [-0.05, 0) is 64.3 Å². The van der Waals surface area contributed by atoms with E-state index in [0.29, 0.717) is 29.5 Å². The van der Waals surface area contributed by atoms with E-state index in [-0.39, 0.29) is 5.78 Å². The normalized spacial score (nSPS) is 20.8. The Morgan fingerprint density at radius 2 is 1.79 bits per heavy atom. The molecule has 2 unspecified atom stereocenters. The van der Waals surface area contributed by atoms with Gasteiger partial charge in [0.25, 0.3) is 0 Å². The first-order valence-corrected chi connectivity index (χ1v) is 11.3. The third-order valence-corrected chi connectivity index (χ3v) is 6.46. The van der Waals surface area contributed by atoms with Gasteiger partial charge < -0.3 is 14.5 Å². The number of likely N-dealkylation sites (tertiary alicyclic amines) is 1. The molecule has 3 heterocycles. The zero-order valence-electron chi connectivity index (χ0n) is 19.6. The number of benzene rings is 1. The Kier molecular flexibility index (Phi) is 8.01. The van der Waals surface area contributed by atoms with Crippen LogP contribution in [-0.4, -0.2) is 64.8 Å². The van der Waals surface area contributed by atoms with E-state index in [4.69, 9.17) is 14.4 Å². The van der Waals surface area contributed by atoms with Crippen molar-refractivity contribution in [3.05, 3.63) is 46.8 Å². The quantitative estimate of drug-likeness (QED) is 0.633. The fourth-order valence-corrected chi connectivity index (χ4v) is 4.72. The number of nitrogens with zero attached hydrogens (tertiary/aromatic N) is 3. The van der Waals surface area contributed by atoms with Crippen molar-refractivity contribution in [3.63, 3.8) is 0 Å². The van der Waals surface area contributed by atoms with Crippen LogP contribution in [0.25, 0.3) is 0 Å². The monoisotopic (exact) mass is 481 g/mol. The summed E-state index contributed by atoms with van der Waals surface area (Å²) in [6.07, 6.45) is -0.774. The Morgan fingerprint density at radius 3 is 2.29 bits per heavy atom. The van der Waals surface area contributed by atoms with Crippen LogP contribution in [0.4, 0.5) is 18.9 Å². The number of carbonyl (C=O) groups excluding carboxylic acids is 1. The van der Waals surface area contributed by atoms with E-state index < -0.39 is 12.1 Å². The predicted molar refractivity (Wildman–Crippen MR) is 120 cm³/mol. The van der Waals surface area contributed by atoms with Crippen LogP contribution in [0.2, 0.25) is 0 Å². The number of rotatable bonds is 5. The molecule has 0 saturated carbocycles. The maximum atomic E-state index is 12.6. The highest BCUT2D eigenvalue weighted by molar-refractivity contribution is 5.99. The summed E-state index contributed by atoms with van der Waals surface area (Å²) in [7, 11) is 0. The van der Waals surface area contributed by atoms with Crippen molar-refractivity contribution in [1.29, 1.82) is 0 Å². The largest absolute Gasteiger partial charge is 0.490 e. The number of aliphatic carboxylic acids is 1. The molecule has 2 aromatic rings. The van der Waals surface area contributed by atoms with Crippen molar-refractivity contribution in [3.8, 4) is 0 Å². The molecule has 2 aliphatic rings. The molecule has 7 nitrogen and oxygen atoms in total. The zero-order chi connectivity index (χ0) is 25.0. The highest BCUT2D eigenvalue weighted by atomic mass is 19.4. The molecule has 0 aliphatic carbocycles. The summed E-state index contributed by atoms with van der Waals surface area (Å²) in [5.41, 5.74) is 3.60. The molecule has 1 aromatic heterocycles. The molecule has 2 atom stereocenters. The minimum absolute atomic E-state index is 0.0725. The lowest BCUT2D eigenvalue weighted by atomic mass is 10.0. The van der Waals surface area contributed by atoms with Crippen molar-refractivity contribution >= 4 is 17.4 Å². The lowest BCUT2D eigenvalue weighted by molar-refractivity contribution is -0.192. The van der Waals surface area contributed by atoms with Gasteiger partial charge in [-0.25, -0.2) is 4.79 Å². The Balaban J connectivity index is 0.000000406. The highest BCUT2D eigenvalue weighted by Crippen LogP contribution is 2.28. The number of aryl methyl sites for hydroxylation is 2. The van der Waals surface area contributed by atoms with Crippen molar-refractivity contribution in [2.75, 3.05) is 24.5 Å². The highest BCUT2D eigenvalue weighted by Gasteiger charge is 2.38. The summed E-state index contributed by atoms with van der Waals surface area (Å²) >= 11 is 0. The standard InChI is InChI=1S/C22H29N3O2.C2HF3O2/c1-15-5-4-11-25(15)20-10-12-24(14-20)19-8-6-18(7-9-19)13-21(26)22-16(2)23-27-17(22)3;3-2(4,5)1(6)7/h6-9,15,20H,4-5,10-14H2,1-3H3;(H,6,7). The van der Waals surface area contributed by atoms with Crippen molar-refractivity contribution in [1.82, 2.24) is 10.1 Å². The number of hydrogen-bond donors (Lipinski definition) is 1. The van der Waals surface area contributed by atoms with Crippen LogP contribution in [0.5, 0.6) is 0 Å². The lowest BCUT2D eigenvalue weighted by Crippen LogP contribution is -2.39. The summed E-state index contributed by atoms with van der Waals surface area (Å²) in [6, 6.07) is 9.89. The first-order valence-electron chi connectivity index (χ1n) is 11.3. The zero-order valence-corrected chi connectivity index (χ0v) is 19.6. The first kappa shape index (κ1) is 25.7. The van der Waals surface area contributed by atoms with Gasteiger partial charge >= 0.3 is 12.1 Å². The second-order valence-electron chi connectivity index (χ2n) is 8.89. The molecule has 4 rings (SSSR count). The molecule has 0 radical (unpaired) electrons. The summed E-state index contributed by atoms with van der Waals surface area (Å²) in [5, 5.41) is 11.0. The molecule has 1 N–H and O–H groups in total. The molecular weight excluding hydrogens is 451 g/mol. The number of carboxylic acid groups (broad SMARTS) is 1. The fraction of sp³-hybridized carbons (Fsp3) is 0.542. The van der Waals surface area contributed by atoms with Gasteiger partial charge in [0, 0.05) is 37.3 Å². The van der Waals surface area contributed by atoms with Crippen molar-refractivity contribution in [2.24, 2.45) is 0 Å². The minimum atomic E-state index is -5.08. The van der Waals surface area contributed by atoms with E-state index in [0.717, 1.165) is 24.7 Å². The number of hydrogen-bond acceptors (Lipinski definition) is 6. The van der Waals surface area contributed by atoms with Gasteiger partial charge in [-0.3, -0.25) is 9.69 Å². The molecule has 0 amide bonds. The van der Waals surface area contributed by atoms with Crippen LogP contribution in [0.3, 0.4) is 0 Å². The molecule has 2 aliphatic heterocycles.